The molecule has 3 rings (SSSR count). The third kappa shape index (κ3) is 4.15. The summed E-state index contributed by atoms with van der Waals surface area (Å²) >= 11 is 11.9. The average molecular weight is 351 g/mol. The molecule has 1 heterocycles. The van der Waals surface area contributed by atoms with Crippen LogP contribution in [0.25, 0.3) is 11.5 Å². The lowest BCUT2D eigenvalue weighted by Gasteiger charge is -2.07. The highest BCUT2D eigenvalue weighted by Gasteiger charge is 2.09. The molecule has 2 aromatic carbocycles. The molecule has 5 nitrogen and oxygen atoms in total. The average Bonchev–Trinajstić information content (AvgIpc) is 3.04. The summed E-state index contributed by atoms with van der Waals surface area (Å²) in [5, 5.41) is 8.79. The molecule has 0 saturated heterocycles. The van der Waals surface area contributed by atoms with E-state index < -0.39 is 0 Å². The molecule has 7 heteroatoms. The van der Waals surface area contributed by atoms with Gasteiger partial charge in [-0.25, -0.2) is 0 Å². The zero-order chi connectivity index (χ0) is 16.1. The highest BCUT2D eigenvalue weighted by molar-refractivity contribution is 6.34. The van der Waals surface area contributed by atoms with Gasteiger partial charge in [0.2, 0.25) is 0 Å². The molecular weight excluding hydrogens is 339 g/mol. The fraction of sp³-hybridized carbons (Fsp3) is 0.125. The Balaban J connectivity index is 1.52. The molecule has 0 fully saturated rings. The van der Waals surface area contributed by atoms with Gasteiger partial charge in [-0.3, -0.25) is 0 Å². The highest BCUT2D eigenvalue weighted by Crippen LogP contribution is 2.27. The van der Waals surface area contributed by atoms with E-state index in [1.54, 1.807) is 18.2 Å². The van der Waals surface area contributed by atoms with Gasteiger partial charge in [-0.2, -0.15) is 0 Å². The summed E-state index contributed by atoms with van der Waals surface area (Å²) in [6.45, 7) is 0.502. The Kier molecular flexibility index (Phi) is 5.00. The van der Waals surface area contributed by atoms with E-state index in [2.05, 4.69) is 10.2 Å². The Hall–Kier alpha value is -2.24. The second-order valence-corrected chi connectivity index (χ2v) is 5.35. The molecule has 0 amide bonds. The largest absolute Gasteiger partial charge is 0.488 e. The molecule has 0 unspecified atom stereocenters. The van der Waals surface area contributed by atoms with Crippen molar-refractivity contribution in [2.24, 2.45) is 0 Å². The van der Waals surface area contributed by atoms with Crippen molar-refractivity contribution in [1.82, 2.24) is 10.2 Å². The lowest BCUT2D eigenvalue weighted by atomic mass is 10.2. The van der Waals surface area contributed by atoms with Crippen LogP contribution in [0, 0.1) is 0 Å². The standard InChI is InChI=1S/C16H12Cl2N2O3/c17-12-6-7-13(18)14(10-12)21-8-9-22-16-20-19-15(23-16)11-4-2-1-3-5-11/h1-7,10H,8-9H2. The van der Waals surface area contributed by atoms with Crippen molar-refractivity contribution in [2.75, 3.05) is 13.2 Å². The third-order valence-electron chi connectivity index (χ3n) is 2.89. The van der Waals surface area contributed by atoms with Crippen LogP contribution in [0.4, 0.5) is 0 Å². The van der Waals surface area contributed by atoms with Crippen LogP contribution in [0.5, 0.6) is 11.8 Å². The van der Waals surface area contributed by atoms with Gasteiger partial charge >= 0.3 is 6.08 Å². The van der Waals surface area contributed by atoms with Crippen LogP contribution in [0.1, 0.15) is 0 Å². The highest BCUT2D eigenvalue weighted by atomic mass is 35.5. The summed E-state index contributed by atoms with van der Waals surface area (Å²) in [7, 11) is 0. The number of hydrogen-bond donors (Lipinski definition) is 0. The van der Waals surface area contributed by atoms with Crippen molar-refractivity contribution in [2.45, 2.75) is 0 Å². The first-order valence-electron chi connectivity index (χ1n) is 6.82. The molecule has 0 aliphatic heterocycles. The van der Waals surface area contributed by atoms with Gasteiger partial charge in [0.25, 0.3) is 5.89 Å². The van der Waals surface area contributed by atoms with Crippen molar-refractivity contribution in [1.29, 1.82) is 0 Å². The van der Waals surface area contributed by atoms with E-state index in [4.69, 9.17) is 37.1 Å². The number of halogens is 2. The number of hydrogen-bond acceptors (Lipinski definition) is 5. The number of aromatic nitrogens is 2. The Morgan fingerprint density at radius 1 is 0.913 bits per heavy atom. The molecule has 118 valence electrons. The Labute approximate surface area is 142 Å². The topological polar surface area (TPSA) is 57.4 Å². The molecule has 0 spiro atoms. The summed E-state index contributed by atoms with van der Waals surface area (Å²) in [5.74, 6) is 0.901. The maximum Gasteiger partial charge on any atom is 0.415 e. The number of ether oxygens (including phenoxy) is 2. The monoisotopic (exact) mass is 350 g/mol. The first-order valence-corrected chi connectivity index (χ1v) is 7.57. The molecule has 0 N–H and O–H groups in total. The van der Waals surface area contributed by atoms with Crippen molar-refractivity contribution in [3.8, 4) is 23.3 Å². The minimum absolute atomic E-state index is 0.0876. The fourth-order valence-corrected chi connectivity index (χ4v) is 2.17. The Morgan fingerprint density at radius 3 is 2.52 bits per heavy atom. The summed E-state index contributed by atoms with van der Waals surface area (Å²) in [4.78, 5) is 0. The fourth-order valence-electron chi connectivity index (χ4n) is 1.83. The van der Waals surface area contributed by atoms with E-state index in [0.717, 1.165) is 5.56 Å². The van der Waals surface area contributed by atoms with Crippen molar-refractivity contribution < 1.29 is 13.9 Å². The van der Waals surface area contributed by atoms with Crippen LogP contribution in [0.2, 0.25) is 10.0 Å². The predicted molar refractivity (Wildman–Crippen MR) is 87.2 cm³/mol. The van der Waals surface area contributed by atoms with E-state index in [1.807, 2.05) is 30.3 Å². The lowest BCUT2D eigenvalue weighted by Crippen LogP contribution is -2.09. The van der Waals surface area contributed by atoms with Crippen LogP contribution in [-0.2, 0) is 0 Å². The van der Waals surface area contributed by atoms with Crippen molar-refractivity contribution >= 4 is 23.2 Å². The van der Waals surface area contributed by atoms with Crippen LogP contribution in [-0.4, -0.2) is 23.4 Å². The number of nitrogens with zero attached hydrogens (tertiary/aromatic N) is 2. The maximum absolute atomic E-state index is 6.00. The number of rotatable bonds is 6. The number of benzene rings is 2. The van der Waals surface area contributed by atoms with Gasteiger partial charge < -0.3 is 13.9 Å². The first kappa shape index (κ1) is 15.6. The lowest BCUT2D eigenvalue weighted by molar-refractivity contribution is 0.177. The zero-order valence-corrected chi connectivity index (χ0v) is 13.4. The maximum atomic E-state index is 6.00. The minimum atomic E-state index is 0.0876. The van der Waals surface area contributed by atoms with Gasteiger partial charge in [0.1, 0.15) is 19.0 Å². The summed E-state index contributed by atoms with van der Waals surface area (Å²) in [5.41, 5.74) is 0.830. The second-order valence-electron chi connectivity index (χ2n) is 4.51. The molecular formula is C16H12Cl2N2O3. The van der Waals surface area contributed by atoms with E-state index in [9.17, 15) is 0 Å². The van der Waals surface area contributed by atoms with Crippen LogP contribution in [0.15, 0.2) is 52.9 Å². The van der Waals surface area contributed by atoms with Crippen LogP contribution < -0.4 is 9.47 Å². The van der Waals surface area contributed by atoms with E-state index in [1.165, 1.54) is 0 Å². The van der Waals surface area contributed by atoms with Gasteiger partial charge in [-0.15, -0.1) is 5.10 Å². The normalized spacial score (nSPS) is 10.5. The Morgan fingerprint density at radius 2 is 1.70 bits per heavy atom. The summed E-state index contributed by atoms with van der Waals surface area (Å²) in [6, 6.07) is 14.5. The van der Waals surface area contributed by atoms with Crippen molar-refractivity contribution in [3.63, 3.8) is 0 Å². The summed E-state index contributed by atoms with van der Waals surface area (Å²) in [6.07, 6.45) is 0.0876. The molecule has 3 aromatic rings. The first-order chi connectivity index (χ1) is 11.2. The van der Waals surface area contributed by atoms with Gasteiger partial charge in [-0.05, 0) is 24.3 Å². The smallest absolute Gasteiger partial charge is 0.415 e. The van der Waals surface area contributed by atoms with E-state index in [-0.39, 0.29) is 19.3 Å². The molecule has 0 atom stereocenters. The van der Waals surface area contributed by atoms with Crippen molar-refractivity contribution in [3.05, 3.63) is 58.6 Å². The molecule has 23 heavy (non-hydrogen) atoms. The van der Waals surface area contributed by atoms with Gasteiger partial charge in [0.05, 0.1) is 5.02 Å². The molecule has 0 radical (unpaired) electrons. The molecule has 0 saturated carbocycles. The summed E-state index contributed by atoms with van der Waals surface area (Å²) < 4.78 is 16.3. The SMILES string of the molecule is Clc1ccc(Cl)c(OCCOc2nnc(-c3ccccc3)o2)c1. The van der Waals surface area contributed by atoms with E-state index in [0.29, 0.717) is 21.7 Å². The second kappa shape index (κ2) is 7.35. The Bertz CT molecular complexity index is 778. The molecule has 0 aliphatic rings. The van der Waals surface area contributed by atoms with Crippen LogP contribution in [0.3, 0.4) is 0 Å². The predicted octanol–water partition coefficient (Wildman–Crippen LogP) is 4.50. The zero-order valence-electron chi connectivity index (χ0n) is 11.9. The quantitative estimate of drug-likeness (QED) is 0.612. The van der Waals surface area contributed by atoms with Crippen LogP contribution >= 0.6 is 23.2 Å². The van der Waals surface area contributed by atoms with Gasteiger partial charge in [0.15, 0.2) is 0 Å². The molecule has 1 aromatic heterocycles. The van der Waals surface area contributed by atoms with E-state index >= 15 is 0 Å². The van der Waals surface area contributed by atoms with Gasteiger partial charge in [-0.1, -0.05) is 46.5 Å². The molecule has 0 bridgehead atoms. The third-order valence-corrected chi connectivity index (χ3v) is 3.43. The van der Waals surface area contributed by atoms with Gasteiger partial charge in [0, 0.05) is 16.7 Å². The molecule has 0 aliphatic carbocycles. The minimum Gasteiger partial charge on any atom is -0.488 e.